The minimum absolute atomic E-state index is 0.123. The molecule has 0 radical (unpaired) electrons. The summed E-state index contributed by atoms with van der Waals surface area (Å²) >= 11 is 0. The minimum atomic E-state index is -0.690. The van der Waals surface area contributed by atoms with E-state index in [1.807, 2.05) is 32.0 Å². The van der Waals surface area contributed by atoms with Crippen LogP contribution in [-0.2, 0) is 6.54 Å². The van der Waals surface area contributed by atoms with Crippen LogP contribution in [0.3, 0.4) is 0 Å². The molecule has 5 nitrogen and oxygen atoms in total. The van der Waals surface area contributed by atoms with Crippen molar-refractivity contribution < 1.29 is 0 Å². The molecule has 0 bridgehead atoms. The maximum Gasteiger partial charge on any atom is 0.321 e. The van der Waals surface area contributed by atoms with Crippen LogP contribution in [0.1, 0.15) is 11.1 Å². The van der Waals surface area contributed by atoms with Gasteiger partial charge in [-0.1, -0.05) is 12.1 Å². The normalized spacial score (nSPS) is 10.2. The van der Waals surface area contributed by atoms with Crippen LogP contribution < -0.4 is 11.1 Å². The van der Waals surface area contributed by atoms with Gasteiger partial charge in [-0.05, 0) is 31.0 Å². The minimum Gasteiger partial charge on any atom is -0.295 e. The summed E-state index contributed by atoms with van der Waals surface area (Å²) in [5.74, 6) is 0. The summed E-state index contributed by atoms with van der Waals surface area (Å²) < 4.78 is 2.42. The quantitative estimate of drug-likeness (QED) is 0.756. The first kappa shape index (κ1) is 12.8. The number of aryl methyl sites for hydroxylation is 1. The van der Waals surface area contributed by atoms with Crippen molar-refractivity contribution in [1.29, 1.82) is 5.26 Å². The summed E-state index contributed by atoms with van der Waals surface area (Å²) in [4.78, 5) is 23.9. The van der Waals surface area contributed by atoms with Gasteiger partial charge in [-0.2, -0.15) is 5.26 Å². The Bertz CT molecular complexity index is 778. The number of benzene rings is 1. The number of rotatable bonds is 2. The number of hydrogen-bond acceptors (Lipinski definition) is 3. The van der Waals surface area contributed by atoms with E-state index in [0.29, 0.717) is 5.69 Å². The first-order chi connectivity index (χ1) is 9.06. The van der Waals surface area contributed by atoms with E-state index in [2.05, 4.69) is 0 Å². The fraction of sp³-hybridized carbons (Fsp3) is 0.214. The molecule has 0 aliphatic rings. The Morgan fingerprint density at radius 3 is 2.58 bits per heavy atom. The first-order valence-electron chi connectivity index (χ1n) is 5.82. The lowest BCUT2D eigenvalue weighted by molar-refractivity contribution is 0.738. The standard InChI is InChI=1S/C14H13N3O2/c1-10-4-3-5-12(11(10)2)17-9-8-16(7-6-15)13(18)14(17)19/h3-5,8-9H,7H2,1-2H3. The molecule has 1 aromatic heterocycles. The largest absolute Gasteiger partial charge is 0.321 e. The molecule has 0 saturated carbocycles. The highest BCUT2D eigenvalue weighted by Gasteiger charge is 2.09. The molecule has 0 amide bonds. The number of nitriles is 1. The molecule has 2 aromatic rings. The molecule has 0 unspecified atom stereocenters. The molecule has 19 heavy (non-hydrogen) atoms. The zero-order valence-electron chi connectivity index (χ0n) is 10.8. The van der Waals surface area contributed by atoms with Gasteiger partial charge in [0.2, 0.25) is 0 Å². The van der Waals surface area contributed by atoms with E-state index in [1.165, 1.54) is 17.0 Å². The molecule has 0 atom stereocenters. The van der Waals surface area contributed by atoms with Crippen molar-refractivity contribution in [1.82, 2.24) is 9.13 Å². The van der Waals surface area contributed by atoms with Crippen LogP contribution in [0.25, 0.3) is 5.69 Å². The number of nitrogens with zero attached hydrogens (tertiary/aromatic N) is 3. The fourth-order valence-corrected chi connectivity index (χ4v) is 1.90. The van der Waals surface area contributed by atoms with Crippen molar-refractivity contribution in [3.63, 3.8) is 0 Å². The van der Waals surface area contributed by atoms with Crippen molar-refractivity contribution in [3.05, 3.63) is 62.4 Å². The fourth-order valence-electron chi connectivity index (χ4n) is 1.90. The van der Waals surface area contributed by atoms with E-state index in [9.17, 15) is 9.59 Å². The van der Waals surface area contributed by atoms with Crippen LogP contribution in [0.15, 0.2) is 40.2 Å². The Kier molecular flexibility index (Phi) is 3.34. The van der Waals surface area contributed by atoms with Gasteiger partial charge < -0.3 is 0 Å². The Hall–Kier alpha value is -2.61. The second kappa shape index (κ2) is 4.94. The van der Waals surface area contributed by atoms with Crippen molar-refractivity contribution in [3.8, 4) is 11.8 Å². The third-order valence-corrected chi connectivity index (χ3v) is 3.13. The molecule has 0 aliphatic carbocycles. The molecule has 0 aliphatic heterocycles. The highest BCUT2D eigenvalue weighted by Crippen LogP contribution is 2.15. The first-order valence-corrected chi connectivity index (χ1v) is 5.82. The van der Waals surface area contributed by atoms with Gasteiger partial charge in [0.05, 0.1) is 11.8 Å². The molecule has 0 saturated heterocycles. The van der Waals surface area contributed by atoms with Gasteiger partial charge in [0, 0.05) is 12.4 Å². The van der Waals surface area contributed by atoms with E-state index in [1.54, 1.807) is 6.07 Å². The van der Waals surface area contributed by atoms with Crippen LogP contribution in [-0.4, -0.2) is 9.13 Å². The van der Waals surface area contributed by atoms with E-state index in [0.717, 1.165) is 15.7 Å². The third-order valence-electron chi connectivity index (χ3n) is 3.13. The van der Waals surface area contributed by atoms with Crippen LogP contribution in [0, 0.1) is 25.2 Å². The van der Waals surface area contributed by atoms with Gasteiger partial charge in [0.1, 0.15) is 6.54 Å². The van der Waals surface area contributed by atoms with Gasteiger partial charge in [-0.25, -0.2) is 0 Å². The average molecular weight is 255 g/mol. The van der Waals surface area contributed by atoms with Gasteiger partial charge in [0.25, 0.3) is 0 Å². The lowest BCUT2D eigenvalue weighted by atomic mass is 10.1. The Balaban J connectivity index is 2.69. The zero-order chi connectivity index (χ0) is 14.0. The predicted octanol–water partition coefficient (Wildman–Crippen LogP) is 1.14. The monoisotopic (exact) mass is 255 g/mol. The number of hydrogen-bond donors (Lipinski definition) is 0. The summed E-state index contributed by atoms with van der Waals surface area (Å²) in [7, 11) is 0. The Morgan fingerprint density at radius 2 is 1.89 bits per heavy atom. The smallest absolute Gasteiger partial charge is 0.295 e. The Morgan fingerprint density at radius 1 is 1.16 bits per heavy atom. The molecule has 0 fully saturated rings. The SMILES string of the molecule is Cc1cccc(-n2ccn(CC#N)c(=O)c2=O)c1C. The van der Waals surface area contributed by atoms with E-state index in [4.69, 9.17) is 5.26 Å². The van der Waals surface area contributed by atoms with E-state index >= 15 is 0 Å². The van der Waals surface area contributed by atoms with Crippen molar-refractivity contribution in [2.24, 2.45) is 0 Å². The van der Waals surface area contributed by atoms with Crippen molar-refractivity contribution in [2.45, 2.75) is 20.4 Å². The highest BCUT2D eigenvalue weighted by molar-refractivity contribution is 5.44. The van der Waals surface area contributed by atoms with Crippen molar-refractivity contribution >= 4 is 0 Å². The van der Waals surface area contributed by atoms with Crippen molar-refractivity contribution in [2.75, 3.05) is 0 Å². The number of aromatic nitrogens is 2. The lowest BCUT2D eigenvalue weighted by Crippen LogP contribution is -2.40. The van der Waals surface area contributed by atoms with Gasteiger partial charge >= 0.3 is 11.1 Å². The molecule has 1 heterocycles. The summed E-state index contributed by atoms with van der Waals surface area (Å²) in [6.07, 6.45) is 2.97. The summed E-state index contributed by atoms with van der Waals surface area (Å²) in [5, 5.41) is 8.58. The Labute approximate surface area is 110 Å². The summed E-state index contributed by atoms with van der Waals surface area (Å²) in [6.45, 7) is 3.72. The topological polar surface area (TPSA) is 67.8 Å². The zero-order valence-corrected chi connectivity index (χ0v) is 10.8. The van der Waals surface area contributed by atoms with Crippen LogP contribution >= 0.6 is 0 Å². The summed E-state index contributed by atoms with van der Waals surface area (Å²) in [5.41, 5.74) is 1.34. The average Bonchev–Trinajstić information content (AvgIpc) is 2.39. The van der Waals surface area contributed by atoms with Gasteiger partial charge in [0.15, 0.2) is 0 Å². The molecule has 1 aromatic carbocycles. The lowest BCUT2D eigenvalue weighted by Gasteiger charge is -2.11. The third kappa shape index (κ3) is 2.20. The van der Waals surface area contributed by atoms with Gasteiger partial charge in [-0.15, -0.1) is 0 Å². The molecule has 96 valence electrons. The maximum absolute atomic E-state index is 12.0. The molecule has 0 spiro atoms. The van der Waals surface area contributed by atoms with Gasteiger partial charge in [-0.3, -0.25) is 18.7 Å². The second-order valence-electron chi connectivity index (χ2n) is 4.28. The molecular formula is C14H13N3O2. The summed E-state index contributed by atoms with van der Waals surface area (Å²) in [6, 6.07) is 7.42. The van der Waals surface area contributed by atoms with Crippen LogP contribution in [0.5, 0.6) is 0 Å². The van der Waals surface area contributed by atoms with E-state index < -0.39 is 11.1 Å². The predicted molar refractivity (Wildman–Crippen MR) is 71.4 cm³/mol. The van der Waals surface area contributed by atoms with Crippen LogP contribution in [0.4, 0.5) is 0 Å². The molecule has 2 rings (SSSR count). The molecule has 0 N–H and O–H groups in total. The van der Waals surface area contributed by atoms with Crippen LogP contribution in [0.2, 0.25) is 0 Å². The molecule has 5 heteroatoms. The van der Waals surface area contributed by atoms with E-state index in [-0.39, 0.29) is 6.54 Å². The molecular weight excluding hydrogens is 242 g/mol. The highest BCUT2D eigenvalue weighted by atomic mass is 16.2. The maximum atomic E-state index is 12.0. The second-order valence-corrected chi connectivity index (χ2v) is 4.28.